The second kappa shape index (κ2) is 4.80. The Balaban J connectivity index is 2.16. The third-order valence-corrected chi connectivity index (χ3v) is 4.81. The predicted octanol–water partition coefficient (Wildman–Crippen LogP) is 3.82. The van der Waals surface area contributed by atoms with Crippen molar-refractivity contribution >= 4 is 11.6 Å². The van der Waals surface area contributed by atoms with Crippen molar-refractivity contribution in [3.8, 4) is 0 Å². The molecule has 0 N–H and O–H groups in total. The van der Waals surface area contributed by atoms with Gasteiger partial charge in [-0.05, 0) is 49.0 Å². The second-order valence-corrected chi connectivity index (χ2v) is 7.19. The lowest BCUT2D eigenvalue weighted by molar-refractivity contribution is -0.127. The summed E-state index contributed by atoms with van der Waals surface area (Å²) in [6.07, 6.45) is 9.50. The molecule has 0 fully saturated rings. The Morgan fingerprint density at radius 3 is 2.64 bits per heavy atom. The third-order valence-electron chi connectivity index (χ3n) is 4.81. The fourth-order valence-electron chi connectivity index (χ4n) is 3.41. The zero-order chi connectivity index (χ0) is 16.1. The van der Waals surface area contributed by atoms with E-state index in [1.807, 2.05) is 25.2 Å². The summed E-state index contributed by atoms with van der Waals surface area (Å²) < 4.78 is 6.22. The van der Waals surface area contributed by atoms with E-state index in [4.69, 9.17) is 4.74 Å². The highest BCUT2D eigenvalue weighted by Gasteiger charge is 2.52. The Bertz CT molecular complexity index is 685. The second-order valence-electron chi connectivity index (χ2n) is 7.19. The van der Waals surface area contributed by atoms with E-state index in [1.54, 1.807) is 13.0 Å². The fraction of sp³-hybridized carbons (Fsp3) is 0.474. The summed E-state index contributed by atoms with van der Waals surface area (Å²) in [4.78, 5) is 25.1. The van der Waals surface area contributed by atoms with E-state index in [0.29, 0.717) is 18.4 Å². The quantitative estimate of drug-likeness (QED) is 0.683. The first-order valence-electron chi connectivity index (χ1n) is 7.81. The minimum absolute atomic E-state index is 0.00745. The third kappa shape index (κ3) is 2.20. The van der Waals surface area contributed by atoms with E-state index in [1.165, 1.54) is 0 Å². The van der Waals surface area contributed by atoms with Gasteiger partial charge in [-0.25, -0.2) is 0 Å². The molecule has 3 aliphatic rings. The average molecular weight is 298 g/mol. The molecule has 3 heteroatoms. The molecule has 0 aromatic heterocycles. The first kappa shape index (κ1) is 15.0. The molecule has 0 aromatic carbocycles. The molecule has 2 aliphatic heterocycles. The highest BCUT2D eigenvalue weighted by Crippen LogP contribution is 2.47. The van der Waals surface area contributed by atoms with Crippen LogP contribution in [0, 0.1) is 5.41 Å². The summed E-state index contributed by atoms with van der Waals surface area (Å²) in [5.41, 5.74) is 1.09. The molecule has 1 aliphatic carbocycles. The Hall–Kier alpha value is -1.90. The molecule has 0 saturated carbocycles. The smallest absolute Gasteiger partial charge is 0.210 e. The lowest BCUT2D eigenvalue weighted by Crippen LogP contribution is -2.36. The molecular weight excluding hydrogens is 276 g/mol. The number of ketones is 2. The Labute approximate surface area is 131 Å². The SMILES string of the molecule is CC1=C2CC(C)(C)/C=C\C(=O)/C(C)=C\C3=CCCC3(O2)C1=O. The van der Waals surface area contributed by atoms with E-state index < -0.39 is 5.60 Å². The highest BCUT2D eigenvalue weighted by molar-refractivity contribution is 6.08. The van der Waals surface area contributed by atoms with Crippen LogP contribution in [0.15, 0.2) is 46.8 Å². The summed E-state index contributed by atoms with van der Waals surface area (Å²) >= 11 is 0. The molecule has 1 spiro atoms. The van der Waals surface area contributed by atoms with E-state index in [0.717, 1.165) is 23.3 Å². The minimum Gasteiger partial charge on any atom is -0.478 e. The molecule has 0 saturated heterocycles. The standard InChI is InChI=1S/C19H22O3/c1-12-10-14-6-5-8-19(14)17(21)13(2)16(22-19)11-18(3,4)9-7-15(12)20/h6-7,9-10H,5,8,11H2,1-4H3/b9-7-,12-10-. The van der Waals surface area contributed by atoms with Crippen LogP contribution in [0.1, 0.15) is 47.0 Å². The van der Waals surface area contributed by atoms with Crippen molar-refractivity contribution in [1.29, 1.82) is 0 Å². The number of hydrogen-bond donors (Lipinski definition) is 0. The van der Waals surface area contributed by atoms with Crippen molar-refractivity contribution in [2.24, 2.45) is 5.41 Å². The maximum atomic E-state index is 12.8. The van der Waals surface area contributed by atoms with E-state index in [9.17, 15) is 9.59 Å². The van der Waals surface area contributed by atoms with Crippen molar-refractivity contribution < 1.29 is 14.3 Å². The molecule has 0 aromatic rings. The van der Waals surface area contributed by atoms with Gasteiger partial charge in [0.15, 0.2) is 11.4 Å². The molecule has 1 unspecified atom stereocenters. The van der Waals surface area contributed by atoms with Crippen LogP contribution in [-0.4, -0.2) is 17.2 Å². The summed E-state index contributed by atoms with van der Waals surface area (Å²) in [5.74, 6) is 0.822. The summed E-state index contributed by atoms with van der Waals surface area (Å²) in [6, 6.07) is 0. The molecule has 3 nitrogen and oxygen atoms in total. The number of Topliss-reactive ketones (excluding diaryl/α,β-unsaturated/α-hetero) is 1. The molecule has 116 valence electrons. The summed E-state index contributed by atoms with van der Waals surface area (Å²) in [7, 11) is 0. The van der Waals surface area contributed by atoms with Crippen molar-refractivity contribution in [3.05, 3.63) is 46.8 Å². The molecule has 3 rings (SSSR count). The van der Waals surface area contributed by atoms with Gasteiger partial charge in [-0.15, -0.1) is 0 Å². The molecule has 2 heterocycles. The van der Waals surface area contributed by atoms with Gasteiger partial charge in [0.25, 0.3) is 0 Å². The first-order chi connectivity index (χ1) is 10.3. The van der Waals surface area contributed by atoms with Gasteiger partial charge in [0.2, 0.25) is 5.78 Å². The van der Waals surface area contributed by atoms with Crippen LogP contribution in [0.25, 0.3) is 0 Å². The van der Waals surface area contributed by atoms with Crippen molar-refractivity contribution in [1.82, 2.24) is 0 Å². The van der Waals surface area contributed by atoms with Gasteiger partial charge >= 0.3 is 0 Å². The number of allylic oxidation sites excluding steroid dienone is 5. The van der Waals surface area contributed by atoms with Gasteiger partial charge < -0.3 is 4.74 Å². The first-order valence-corrected chi connectivity index (χ1v) is 7.81. The maximum absolute atomic E-state index is 12.8. The number of hydrogen-bond acceptors (Lipinski definition) is 3. The Morgan fingerprint density at radius 1 is 1.18 bits per heavy atom. The van der Waals surface area contributed by atoms with Crippen molar-refractivity contribution in [2.75, 3.05) is 0 Å². The topological polar surface area (TPSA) is 43.4 Å². The van der Waals surface area contributed by atoms with E-state index >= 15 is 0 Å². The van der Waals surface area contributed by atoms with Crippen molar-refractivity contribution in [3.63, 3.8) is 0 Å². The van der Waals surface area contributed by atoms with Crippen molar-refractivity contribution in [2.45, 2.75) is 52.6 Å². The molecule has 22 heavy (non-hydrogen) atoms. The molecule has 1 atom stereocenters. The zero-order valence-electron chi connectivity index (χ0n) is 13.7. The largest absolute Gasteiger partial charge is 0.478 e. The van der Waals surface area contributed by atoms with Crippen LogP contribution in [-0.2, 0) is 14.3 Å². The number of carbonyl (C=O) groups excluding carboxylic acids is 2. The lowest BCUT2D eigenvalue weighted by Gasteiger charge is -2.27. The van der Waals surface area contributed by atoms with E-state index in [2.05, 4.69) is 13.8 Å². The number of fused-ring (bicyclic) bond motifs is 1. The van der Waals surface area contributed by atoms with Crippen LogP contribution in [0.5, 0.6) is 0 Å². The fourth-order valence-corrected chi connectivity index (χ4v) is 3.41. The Morgan fingerprint density at radius 2 is 1.91 bits per heavy atom. The van der Waals surface area contributed by atoms with Crippen LogP contribution in [0.2, 0.25) is 0 Å². The molecular formula is C19H22O3. The Kier molecular flexibility index (Phi) is 3.28. The van der Waals surface area contributed by atoms with Gasteiger partial charge in [0.1, 0.15) is 5.76 Å². The molecule has 0 amide bonds. The predicted molar refractivity (Wildman–Crippen MR) is 85.1 cm³/mol. The lowest BCUT2D eigenvalue weighted by atomic mass is 9.84. The maximum Gasteiger partial charge on any atom is 0.210 e. The van der Waals surface area contributed by atoms with Gasteiger partial charge in [0, 0.05) is 18.4 Å². The summed E-state index contributed by atoms with van der Waals surface area (Å²) in [6.45, 7) is 7.76. The van der Waals surface area contributed by atoms with E-state index in [-0.39, 0.29) is 17.0 Å². The van der Waals surface area contributed by atoms with Gasteiger partial charge in [-0.2, -0.15) is 0 Å². The minimum atomic E-state index is -0.888. The molecule has 2 bridgehead atoms. The van der Waals surface area contributed by atoms with Crippen LogP contribution in [0.3, 0.4) is 0 Å². The molecule has 0 radical (unpaired) electrons. The van der Waals surface area contributed by atoms with Gasteiger partial charge in [-0.3, -0.25) is 9.59 Å². The number of ether oxygens (including phenoxy) is 1. The van der Waals surface area contributed by atoms with Gasteiger partial charge in [-0.1, -0.05) is 26.0 Å². The zero-order valence-corrected chi connectivity index (χ0v) is 13.7. The van der Waals surface area contributed by atoms with Crippen LogP contribution >= 0.6 is 0 Å². The van der Waals surface area contributed by atoms with Gasteiger partial charge in [0.05, 0.1) is 0 Å². The normalized spacial score (nSPS) is 34.4. The van der Waals surface area contributed by atoms with Crippen LogP contribution < -0.4 is 0 Å². The monoisotopic (exact) mass is 298 g/mol. The number of rotatable bonds is 0. The average Bonchev–Trinajstić information content (AvgIpc) is 2.94. The summed E-state index contributed by atoms with van der Waals surface area (Å²) in [5, 5.41) is 0. The highest BCUT2D eigenvalue weighted by atomic mass is 16.5. The number of carbonyl (C=O) groups is 2. The van der Waals surface area contributed by atoms with Crippen LogP contribution in [0.4, 0.5) is 0 Å².